The summed E-state index contributed by atoms with van der Waals surface area (Å²) in [5, 5.41) is 3.61. The summed E-state index contributed by atoms with van der Waals surface area (Å²) in [5.41, 5.74) is 3.70. The Bertz CT molecular complexity index is 1150. The molecule has 2 unspecified atom stereocenters. The monoisotopic (exact) mass is 459 g/mol. The van der Waals surface area contributed by atoms with Crippen molar-refractivity contribution in [2.75, 3.05) is 34.6 Å². The van der Waals surface area contributed by atoms with Crippen LogP contribution in [0.2, 0.25) is 0 Å². The molecular weight excluding hydrogens is 434 g/mol. The summed E-state index contributed by atoms with van der Waals surface area (Å²) >= 11 is 1.31. The number of fused-ring (bicyclic) bond motifs is 1. The molecule has 4 rings (SSSR count). The summed E-state index contributed by atoms with van der Waals surface area (Å²) in [6.07, 6.45) is 0. The minimum absolute atomic E-state index is 0.0298. The van der Waals surface area contributed by atoms with Gasteiger partial charge in [0.1, 0.15) is 5.75 Å². The highest BCUT2D eigenvalue weighted by Crippen LogP contribution is 2.39. The van der Waals surface area contributed by atoms with Crippen LogP contribution in [0.3, 0.4) is 0 Å². The number of amidine groups is 1. The van der Waals surface area contributed by atoms with Crippen LogP contribution < -0.4 is 15.0 Å². The fourth-order valence-electron chi connectivity index (χ4n) is 3.95. The number of aliphatic imine (C=N–C) groups is 1. The summed E-state index contributed by atoms with van der Waals surface area (Å²) in [7, 11) is -1.57. The van der Waals surface area contributed by atoms with Crippen molar-refractivity contribution in [1.82, 2.24) is 0 Å². The number of aryl methyl sites for hydroxylation is 1. The number of nitrogens with one attached hydrogen (secondary N) is 1. The largest absolute Gasteiger partial charge is 0.495 e. The van der Waals surface area contributed by atoms with Gasteiger partial charge in [0, 0.05) is 5.69 Å². The first-order valence-corrected chi connectivity index (χ1v) is 12.8. The van der Waals surface area contributed by atoms with E-state index in [-0.39, 0.29) is 35.2 Å². The van der Waals surface area contributed by atoms with E-state index >= 15 is 0 Å². The lowest BCUT2D eigenvalue weighted by molar-refractivity contribution is -0.113. The van der Waals surface area contributed by atoms with E-state index in [1.165, 1.54) is 11.8 Å². The molecule has 0 bridgehead atoms. The van der Waals surface area contributed by atoms with Crippen LogP contribution in [-0.4, -0.2) is 55.9 Å². The number of nitrogens with zero attached hydrogens (tertiary/aromatic N) is 2. The Morgan fingerprint density at radius 3 is 2.74 bits per heavy atom. The maximum atomic E-state index is 12.6. The molecule has 2 aliphatic heterocycles. The molecule has 2 aromatic rings. The van der Waals surface area contributed by atoms with E-state index in [1.807, 2.05) is 61.2 Å². The van der Waals surface area contributed by atoms with Gasteiger partial charge >= 0.3 is 0 Å². The van der Waals surface area contributed by atoms with Crippen LogP contribution >= 0.6 is 11.8 Å². The second kappa shape index (κ2) is 8.55. The molecule has 2 aromatic carbocycles. The third kappa shape index (κ3) is 4.43. The van der Waals surface area contributed by atoms with Gasteiger partial charge in [-0.25, -0.2) is 8.42 Å². The van der Waals surface area contributed by atoms with E-state index in [2.05, 4.69) is 10.3 Å². The number of hydrogen-bond donors (Lipinski definition) is 1. The average molecular weight is 460 g/mol. The fraction of sp³-hybridized carbons (Fsp3) is 0.364. The number of carbonyl (C=O) groups excluding carboxylic acids is 1. The number of thioether (sulfide) groups is 1. The van der Waals surface area contributed by atoms with Crippen molar-refractivity contribution in [3.05, 3.63) is 53.6 Å². The molecule has 1 fully saturated rings. The summed E-state index contributed by atoms with van der Waals surface area (Å²) < 4.78 is 29.9. The third-order valence-electron chi connectivity index (χ3n) is 5.66. The first-order valence-electron chi connectivity index (χ1n) is 9.98. The normalized spacial score (nSPS) is 21.5. The predicted molar refractivity (Wildman–Crippen MR) is 126 cm³/mol. The van der Waals surface area contributed by atoms with Crippen molar-refractivity contribution in [2.45, 2.75) is 25.9 Å². The van der Waals surface area contributed by atoms with Gasteiger partial charge in [0.25, 0.3) is 0 Å². The van der Waals surface area contributed by atoms with Crippen LogP contribution in [0.25, 0.3) is 0 Å². The van der Waals surface area contributed by atoms with Gasteiger partial charge in [0.05, 0.1) is 42.1 Å². The number of sulfone groups is 1. The number of amides is 1. The van der Waals surface area contributed by atoms with Crippen LogP contribution in [0.1, 0.15) is 11.1 Å². The van der Waals surface area contributed by atoms with Crippen molar-refractivity contribution in [2.24, 2.45) is 4.99 Å². The van der Waals surface area contributed by atoms with Gasteiger partial charge in [0.2, 0.25) is 5.91 Å². The van der Waals surface area contributed by atoms with Crippen LogP contribution in [-0.2, 0) is 14.6 Å². The zero-order chi connectivity index (χ0) is 22.2. The highest BCUT2D eigenvalue weighted by Gasteiger charge is 2.47. The fourth-order valence-corrected chi connectivity index (χ4v) is 6.71. The number of methoxy groups -OCH3 is 1. The molecule has 9 heteroatoms. The highest BCUT2D eigenvalue weighted by molar-refractivity contribution is 8.14. The maximum Gasteiger partial charge on any atom is 0.234 e. The molecule has 0 aromatic heterocycles. The van der Waals surface area contributed by atoms with Crippen LogP contribution in [0.5, 0.6) is 5.75 Å². The number of carbonyl (C=O) groups is 1. The standard InChI is InChI=1S/C22H25N3O4S2/c1-14-7-6-8-16(15(14)2)23-21(26)11-30-22-24-17-12-31(27,28)13-19(17)25(22)18-9-4-5-10-20(18)29-3/h4-10,17,19H,11-13H2,1-3H3,(H,23,26). The Kier molecular flexibility index (Phi) is 5.98. The summed E-state index contributed by atoms with van der Waals surface area (Å²) in [6.45, 7) is 3.98. The molecule has 0 saturated carbocycles. The molecule has 164 valence electrons. The van der Waals surface area contributed by atoms with Crippen molar-refractivity contribution in [3.8, 4) is 5.75 Å². The first-order chi connectivity index (χ1) is 14.8. The quantitative estimate of drug-likeness (QED) is 0.740. The van der Waals surface area contributed by atoms with Gasteiger partial charge in [-0.3, -0.25) is 9.79 Å². The molecule has 0 radical (unpaired) electrons. The number of rotatable bonds is 5. The summed E-state index contributed by atoms with van der Waals surface area (Å²) in [4.78, 5) is 19.2. The van der Waals surface area contributed by atoms with E-state index in [0.717, 1.165) is 22.5 Å². The van der Waals surface area contributed by atoms with Gasteiger partial charge in [0.15, 0.2) is 15.0 Å². The first kappa shape index (κ1) is 21.7. The number of benzene rings is 2. The van der Waals surface area contributed by atoms with E-state index in [9.17, 15) is 13.2 Å². The second-order valence-electron chi connectivity index (χ2n) is 7.75. The Balaban J connectivity index is 1.54. The van der Waals surface area contributed by atoms with Gasteiger partial charge in [-0.15, -0.1) is 0 Å². The van der Waals surface area contributed by atoms with Crippen LogP contribution in [0.15, 0.2) is 47.5 Å². The summed E-state index contributed by atoms with van der Waals surface area (Å²) in [5.74, 6) is 0.746. The minimum atomic E-state index is -3.15. The average Bonchev–Trinajstić information content (AvgIpc) is 3.20. The lowest BCUT2D eigenvalue weighted by Gasteiger charge is -2.27. The zero-order valence-electron chi connectivity index (χ0n) is 17.7. The Labute approximate surface area is 186 Å². The topological polar surface area (TPSA) is 88.1 Å². The predicted octanol–water partition coefficient (Wildman–Crippen LogP) is 3.03. The van der Waals surface area contributed by atoms with E-state index < -0.39 is 9.84 Å². The molecule has 2 heterocycles. The zero-order valence-corrected chi connectivity index (χ0v) is 19.3. The third-order valence-corrected chi connectivity index (χ3v) is 8.33. The molecule has 1 amide bonds. The van der Waals surface area contributed by atoms with E-state index in [0.29, 0.717) is 10.9 Å². The molecule has 1 saturated heterocycles. The van der Waals surface area contributed by atoms with Crippen molar-refractivity contribution < 1.29 is 17.9 Å². The molecule has 31 heavy (non-hydrogen) atoms. The molecule has 0 aliphatic carbocycles. The second-order valence-corrected chi connectivity index (χ2v) is 10.8. The maximum absolute atomic E-state index is 12.6. The van der Waals surface area contributed by atoms with Gasteiger partial charge in [-0.05, 0) is 43.2 Å². The lowest BCUT2D eigenvalue weighted by Crippen LogP contribution is -2.39. The SMILES string of the molecule is COc1ccccc1N1C(SCC(=O)Nc2cccc(C)c2C)=NC2CS(=O)(=O)CC21. The Morgan fingerprint density at radius 2 is 1.97 bits per heavy atom. The molecule has 7 nitrogen and oxygen atoms in total. The van der Waals surface area contributed by atoms with E-state index in [1.54, 1.807) is 7.11 Å². The van der Waals surface area contributed by atoms with Crippen molar-refractivity contribution in [3.63, 3.8) is 0 Å². The summed E-state index contributed by atoms with van der Waals surface area (Å²) in [6, 6.07) is 12.6. The van der Waals surface area contributed by atoms with Gasteiger partial charge in [-0.2, -0.15) is 0 Å². The highest BCUT2D eigenvalue weighted by atomic mass is 32.2. The van der Waals surface area contributed by atoms with Crippen LogP contribution in [0.4, 0.5) is 11.4 Å². The van der Waals surface area contributed by atoms with Crippen LogP contribution in [0, 0.1) is 13.8 Å². The smallest absolute Gasteiger partial charge is 0.234 e. The Morgan fingerprint density at radius 1 is 1.19 bits per heavy atom. The van der Waals surface area contributed by atoms with Crippen molar-refractivity contribution >= 4 is 44.0 Å². The van der Waals surface area contributed by atoms with E-state index in [4.69, 9.17) is 4.74 Å². The molecule has 2 atom stereocenters. The number of para-hydroxylation sites is 2. The van der Waals surface area contributed by atoms with Crippen molar-refractivity contribution in [1.29, 1.82) is 0 Å². The Hall–Kier alpha value is -2.52. The molecule has 0 spiro atoms. The van der Waals surface area contributed by atoms with Gasteiger partial charge < -0.3 is 15.0 Å². The molecule has 2 aliphatic rings. The lowest BCUT2D eigenvalue weighted by atomic mass is 10.1. The molecular formula is C22H25N3O4S2. The minimum Gasteiger partial charge on any atom is -0.495 e. The number of hydrogen-bond acceptors (Lipinski definition) is 7. The number of ether oxygens (including phenoxy) is 1. The number of anilines is 2. The van der Waals surface area contributed by atoms with Gasteiger partial charge in [-0.1, -0.05) is 36.0 Å². The molecule has 1 N–H and O–H groups in total.